The van der Waals surface area contributed by atoms with E-state index in [9.17, 15) is 5.26 Å². The van der Waals surface area contributed by atoms with E-state index in [0.29, 0.717) is 6.42 Å². The SMILES string of the molecule is CC1(C)O[C@@H]2[C@H](O1)[C@H](CI)N(Cc1ccccc1)[C@H]2CC#N. The number of ether oxygens (including phenoxy) is 2. The van der Waals surface area contributed by atoms with Crippen LogP contribution in [0.15, 0.2) is 30.3 Å². The van der Waals surface area contributed by atoms with E-state index in [0.717, 1.165) is 11.0 Å². The summed E-state index contributed by atoms with van der Waals surface area (Å²) in [6.07, 6.45) is 0.507. The Morgan fingerprint density at radius 2 is 1.82 bits per heavy atom. The summed E-state index contributed by atoms with van der Waals surface area (Å²) in [6, 6.07) is 13.1. The first-order valence-electron chi connectivity index (χ1n) is 7.64. The maximum absolute atomic E-state index is 9.24. The summed E-state index contributed by atoms with van der Waals surface area (Å²) in [5.41, 5.74) is 1.26. The molecule has 2 heterocycles. The number of fused-ring (bicyclic) bond motifs is 1. The second kappa shape index (κ2) is 6.44. The highest BCUT2D eigenvalue weighted by Gasteiger charge is 2.56. The monoisotopic (exact) mass is 412 g/mol. The molecule has 1 aromatic rings. The van der Waals surface area contributed by atoms with Gasteiger partial charge in [-0.25, -0.2) is 0 Å². The number of nitriles is 1. The van der Waals surface area contributed by atoms with Gasteiger partial charge in [0.15, 0.2) is 5.79 Å². The Morgan fingerprint density at radius 1 is 1.18 bits per heavy atom. The van der Waals surface area contributed by atoms with Gasteiger partial charge in [-0.3, -0.25) is 4.90 Å². The van der Waals surface area contributed by atoms with E-state index >= 15 is 0 Å². The fraction of sp³-hybridized carbons (Fsp3) is 0.588. The first-order chi connectivity index (χ1) is 10.6. The van der Waals surface area contributed by atoms with Crippen LogP contribution in [0.2, 0.25) is 0 Å². The van der Waals surface area contributed by atoms with Crippen LogP contribution in [0.1, 0.15) is 25.8 Å². The van der Waals surface area contributed by atoms with Gasteiger partial charge in [0, 0.05) is 17.0 Å². The lowest BCUT2D eigenvalue weighted by Crippen LogP contribution is -2.43. The van der Waals surface area contributed by atoms with Crippen LogP contribution in [0.25, 0.3) is 0 Å². The highest BCUT2D eigenvalue weighted by atomic mass is 127. The number of nitrogens with zero attached hydrogens (tertiary/aromatic N) is 2. The molecular weight excluding hydrogens is 391 g/mol. The Balaban J connectivity index is 1.86. The lowest BCUT2D eigenvalue weighted by Gasteiger charge is -2.32. The lowest BCUT2D eigenvalue weighted by molar-refractivity contribution is -0.166. The second-order valence-corrected chi connectivity index (χ2v) is 7.25. The quantitative estimate of drug-likeness (QED) is 0.563. The predicted molar refractivity (Wildman–Crippen MR) is 92.5 cm³/mol. The molecule has 0 spiro atoms. The van der Waals surface area contributed by atoms with Gasteiger partial charge in [-0.1, -0.05) is 52.9 Å². The summed E-state index contributed by atoms with van der Waals surface area (Å²) in [6.45, 7) is 4.75. The van der Waals surface area contributed by atoms with Crippen LogP contribution < -0.4 is 0 Å². The average Bonchev–Trinajstić information content (AvgIpc) is 2.92. The van der Waals surface area contributed by atoms with Crippen LogP contribution in [-0.4, -0.2) is 39.4 Å². The van der Waals surface area contributed by atoms with Crippen molar-refractivity contribution in [3.05, 3.63) is 35.9 Å². The van der Waals surface area contributed by atoms with E-state index in [4.69, 9.17) is 9.47 Å². The number of alkyl halides is 1. The third kappa shape index (κ3) is 3.02. The zero-order chi connectivity index (χ0) is 15.7. The van der Waals surface area contributed by atoms with Crippen molar-refractivity contribution < 1.29 is 9.47 Å². The number of benzene rings is 1. The van der Waals surface area contributed by atoms with Crippen molar-refractivity contribution in [3.63, 3.8) is 0 Å². The fourth-order valence-electron chi connectivity index (χ4n) is 3.57. The number of halogens is 1. The van der Waals surface area contributed by atoms with Crippen LogP contribution in [-0.2, 0) is 16.0 Å². The van der Waals surface area contributed by atoms with Crippen LogP contribution in [0.3, 0.4) is 0 Å². The molecule has 4 nitrogen and oxygen atoms in total. The smallest absolute Gasteiger partial charge is 0.163 e. The molecule has 0 unspecified atom stereocenters. The zero-order valence-corrected chi connectivity index (χ0v) is 15.1. The van der Waals surface area contributed by atoms with Gasteiger partial charge in [-0.05, 0) is 19.4 Å². The molecule has 22 heavy (non-hydrogen) atoms. The minimum atomic E-state index is -0.550. The summed E-state index contributed by atoms with van der Waals surface area (Å²) in [5, 5.41) is 9.24. The van der Waals surface area contributed by atoms with Crippen molar-refractivity contribution in [2.24, 2.45) is 0 Å². The third-order valence-corrected chi connectivity index (χ3v) is 5.34. The molecule has 3 rings (SSSR count). The van der Waals surface area contributed by atoms with Crippen molar-refractivity contribution in [2.75, 3.05) is 4.43 Å². The molecular formula is C17H21IN2O2. The van der Waals surface area contributed by atoms with Crippen LogP contribution in [0.4, 0.5) is 0 Å². The largest absolute Gasteiger partial charge is 0.343 e. The molecule has 0 aliphatic carbocycles. The number of likely N-dealkylation sites (tertiary alicyclic amines) is 1. The summed E-state index contributed by atoms with van der Waals surface area (Å²) in [7, 11) is 0. The second-order valence-electron chi connectivity index (χ2n) is 6.37. The Hall–Kier alpha value is -0.680. The van der Waals surface area contributed by atoms with Gasteiger partial charge in [0.05, 0.1) is 18.5 Å². The molecule has 118 valence electrons. The van der Waals surface area contributed by atoms with Crippen molar-refractivity contribution in [1.29, 1.82) is 5.26 Å². The van der Waals surface area contributed by atoms with Crippen molar-refractivity contribution in [1.82, 2.24) is 4.90 Å². The molecule has 2 aliphatic heterocycles. The molecule has 2 aliphatic rings. The molecule has 1 aromatic carbocycles. The minimum Gasteiger partial charge on any atom is -0.343 e. The molecule has 0 aromatic heterocycles. The normalized spacial score (nSPS) is 33.5. The van der Waals surface area contributed by atoms with E-state index in [1.807, 2.05) is 19.9 Å². The minimum absolute atomic E-state index is 0.0156. The van der Waals surface area contributed by atoms with Gasteiger partial charge >= 0.3 is 0 Å². The summed E-state index contributed by atoms with van der Waals surface area (Å²) in [5.74, 6) is -0.550. The summed E-state index contributed by atoms with van der Waals surface area (Å²) >= 11 is 2.41. The Bertz CT molecular complexity index is 558. The van der Waals surface area contributed by atoms with Gasteiger partial charge < -0.3 is 9.47 Å². The van der Waals surface area contributed by atoms with Gasteiger partial charge in [0.1, 0.15) is 12.2 Å². The van der Waals surface area contributed by atoms with Crippen molar-refractivity contribution >= 4 is 22.6 Å². The molecule has 4 atom stereocenters. The molecule has 0 bridgehead atoms. The molecule has 2 fully saturated rings. The molecule has 0 radical (unpaired) electrons. The molecule has 0 amide bonds. The lowest BCUT2D eigenvalue weighted by atomic mass is 10.1. The van der Waals surface area contributed by atoms with Gasteiger partial charge in [-0.15, -0.1) is 0 Å². The van der Waals surface area contributed by atoms with Gasteiger partial charge in [-0.2, -0.15) is 5.26 Å². The van der Waals surface area contributed by atoms with Crippen LogP contribution in [0.5, 0.6) is 0 Å². The van der Waals surface area contributed by atoms with E-state index in [2.05, 4.69) is 57.8 Å². The summed E-state index contributed by atoms with van der Waals surface area (Å²) < 4.78 is 13.2. The van der Waals surface area contributed by atoms with Gasteiger partial charge in [0.2, 0.25) is 0 Å². The number of hydrogen-bond donors (Lipinski definition) is 0. The van der Waals surface area contributed by atoms with Crippen LogP contribution in [0, 0.1) is 11.3 Å². The van der Waals surface area contributed by atoms with E-state index < -0.39 is 5.79 Å². The first kappa shape index (κ1) is 16.2. The summed E-state index contributed by atoms with van der Waals surface area (Å²) in [4.78, 5) is 2.40. The van der Waals surface area contributed by atoms with Crippen LogP contribution >= 0.6 is 22.6 Å². The standard InChI is InChI=1S/C17H21IN2O2/c1-17(2)21-15-13(8-9-19)20(14(10-18)16(15)22-17)11-12-6-4-3-5-7-12/h3-7,13-16H,8,10-11H2,1-2H3/t13-,14-,15-,16+/m0/s1. The Labute approximate surface area is 145 Å². The third-order valence-electron chi connectivity index (χ3n) is 4.44. The van der Waals surface area contributed by atoms with E-state index in [1.54, 1.807) is 0 Å². The molecule has 0 N–H and O–H groups in total. The Kier molecular flexibility index (Phi) is 4.74. The highest BCUT2D eigenvalue weighted by molar-refractivity contribution is 14.1. The van der Waals surface area contributed by atoms with Crippen molar-refractivity contribution in [2.45, 2.75) is 56.9 Å². The number of rotatable bonds is 4. The average molecular weight is 412 g/mol. The maximum Gasteiger partial charge on any atom is 0.163 e. The number of hydrogen-bond acceptors (Lipinski definition) is 4. The maximum atomic E-state index is 9.24. The van der Waals surface area contributed by atoms with E-state index in [-0.39, 0.29) is 24.3 Å². The topological polar surface area (TPSA) is 45.5 Å². The molecule has 0 saturated carbocycles. The zero-order valence-electron chi connectivity index (χ0n) is 12.9. The first-order valence-corrected chi connectivity index (χ1v) is 9.16. The Morgan fingerprint density at radius 3 is 2.41 bits per heavy atom. The highest BCUT2D eigenvalue weighted by Crippen LogP contribution is 2.42. The fourth-order valence-corrected chi connectivity index (χ4v) is 4.57. The van der Waals surface area contributed by atoms with E-state index in [1.165, 1.54) is 5.56 Å². The molecule has 2 saturated heterocycles. The van der Waals surface area contributed by atoms with Gasteiger partial charge in [0.25, 0.3) is 0 Å². The predicted octanol–water partition coefficient (Wildman–Crippen LogP) is 3.11. The molecule has 5 heteroatoms. The van der Waals surface area contributed by atoms with Crippen molar-refractivity contribution in [3.8, 4) is 6.07 Å².